The fourth-order valence-electron chi connectivity index (χ4n) is 3.98. The molecule has 0 aromatic heterocycles. The standard InChI is InChI=1S/C19H28ClN3O5S2/c1-14-5-3-10-23(12-14)30(27,28)18-11-15(7-8-17(18)20)19(24)21-16-6-4-9-22(13-16)29(2,25)26/h7-8,11,14,16H,3-6,9-10,12-13H2,1-2H3,(H,21,24). The van der Waals surface area contributed by atoms with Crippen LogP contribution in [0.2, 0.25) is 5.02 Å². The van der Waals surface area contributed by atoms with E-state index >= 15 is 0 Å². The average Bonchev–Trinajstić information content (AvgIpc) is 2.67. The van der Waals surface area contributed by atoms with Crippen molar-refractivity contribution >= 4 is 37.6 Å². The van der Waals surface area contributed by atoms with Gasteiger partial charge in [0.15, 0.2) is 0 Å². The number of carbonyl (C=O) groups excluding carboxylic acids is 1. The molecule has 1 aromatic carbocycles. The Bertz CT molecular complexity index is 1010. The Labute approximate surface area is 183 Å². The van der Waals surface area contributed by atoms with Gasteiger partial charge in [0.2, 0.25) is 20.0 Å². The predicted octanol–water partition coefficient (Wildman–Crippen LogP) is 1.91. The van der Waals surface area contributed by atoms with Crippen molar-refractivity contribution in [1.29, 1.82) is 0 Å². The van der Waals surface area contributed by atoms with Crippen molar-refractivity contribution in [2.75, 3.05) is 32.4 Å². The van der Waals surface area contributed by atoms with Gasteiger partial charge >= 0.3 is 0 Å². The number of rotatable bonds is 5. The highest BCUT2D eigenvalue weighted by Gasteiger charge is 2.31. The third-order valence-electron chi connectivity index (χ3n) is 5.62. The number of piperidine rings is 2. The van der Waals surface area contributed by atoms with Gasteiger partial charge in [-0.2, -0.15) is 4.31 Å². The van der Waals surface area contributed by atoms with Crippen LogP contribution in [-0.2, 0) is 20.0 Å². The van der Waals surface area contributed by atoms with E-state index in [4.69, 9.17) is 11.6 Å². The van der Waals surface area contributed by atoms with E-state index in [1.165, 1.54) is 26.8 Å². The molecule has 1 aromatic rings. The van der Waals surface area contributed by atoms with E-state index in [1.807, 2.05) is 6.92 Å². The summed E-state index contributed by atoms with van der Waals surface area (Å²) in [6.07, 6.45) is 4.22. The SMILES string of the molecule is CC1CCCN(S(=O)(=O)c2cc(C(=O)NC3CCCN(S(C)(=O)=O)C3)ccc2Cl)C1. The van der Waals surface area contributed by atoms with Gasteiger partial charge in [0, 0.05) is 37.8 Å². The Balaban J connectivity index is 1.78. The molecule has 2 aliphatic heterocycles. The van der Waals surface area contributed by atoms with E-state index in [9.17, 15) is 21.6 Å². The Morgan fingerprint density at radius 1 is 1.07 bits per heavy atom. The molecule has 3 rings (SSSR count). The third kappa shape index (κ3) is 5.34. The van der Waals surface area contributed by atoms with Crippen molar-refractivity contribution in [2.45, 2.75) is 43.5 Å². The predicted molar refractivity (Wildman–Crippen MR) is 116 cm³/mol. The van der Waals surface area contributed by atoms with Crippen molar-refractivity contribution in [3.8, 4) is 0 Å². The van der Waals surface area contributed by atoms with Crippen molar-refractivity contribution < 1.29 is 21.6 Å². The quantitative estimate of drug-likeness (QED) is 0.697. The Kier molecular flexibility index (Phi) is 7.13. The minimum absolute atomic E-state index is 0.0747. The van der Waals surface area contributed by atoms with Gasteiger partial charge in [-0.3, -0.25) is 4.79 Å². The monoisotopic (exact) mass is 477 g/mol. The van der Waals surface area contributed by atoms with Crippen molar-refractivity contribution in [3.05, 3.63) is 28.8 Å². The summed E-state index contributed by atoms with van der Waals surface area (Å²) < 4.78 is 52.5. The summed E-state index contributed by atoms with van der Waals surface area (Å²) in [5.74, 6) is -0.182. The number of nitrogens with zero attached hydrogens (tertiary/aromatic N) is 2. The van der Waals surface area contributed by atoms with Crippen LogP contribution >= 0.6 is 11.6 Å². The molecule has 0 spiro atoms. The number of sulfonamides is 2. The first kappa shape index (κ1) is 23.5. The van der Waals surface area contributed by atoms with Crippen LogP contribution in [-0.4, -0.2) is 69.8 Å². The van der Waals surface area contributed by atoms with Gasteiger partial charge in [-0.25, -0.2) is 21.1 Å². The number of carbonyl (C=O) groups is 1. The number of amides is 1. The first-order valence-electron chi connectivity index (χ1n) is 10.0. The summed E-state index contributed by atoms with van der Waals surface area (Å²) in [5.41, 5.74) is 0.180. The molecule has 168 valence electrons. The lowest BCUT2D eigenvalue weighted by molar-refractivity contribution is 0.0921. The molecule has 0 aliphatic carbocycles. The zero-order chi connectivity index (χ0) is 22.1. The Hall–Kier alpha value is -1.20. The molecule has 1 amide bonds. The van der Waals surface area contributed by atoms with Crippen molar-refractivity contribution in [3.63, 3.8) is 0 Å². The summed E-state index contributed by atoms with van der Waals surface area (Å²) in [4.78, 5) is 12.7. The highest BCUT2D eigenvalue weighted by atomic mass is 35.5. The number of hydrogen-bond donors (Lipinski definition) is 1. The normalized spacial score (nSPS) is 24.5. The topological polar surface area (TPSA) is 104 Å². The van der Waals surface area contributed by atoms with Crippen LogP contribution in [0.3, 0.4) is 0 Å². The second-order valence-corrected chi connectivity index (χ2v) is 12.5. The molecule has 2 unspecified atom stereocenters. The van der Waals surface area contributed by atoms with Gasteiger partial charge in [-0.15, -0.1) is 0 Å². The maximum absolute atomic E-state index is 13.1. The van der Waals surface area contributed by atoms with E-state index in [1.54, 1.807) is 0 Å². The molecule has 0 saturated carbocycles. The number of nitrogens with one attached hydrogen (secondary N) is 1. The van der Waals surface area contributed by atoms with Crippen LogP contribution in [0.15, 0.2) is 23.1 Å². The molecule has 11 heteroatoms. The molecule has 8 nitrogen and oxygen atoms in total. The third-order valence-corrected chi connectivity index (χ3v) is 9.24. The highest BCUT2D eigenvalue weighted by Crippen LogP contribution is 2.29. The van der Waals surface area contributed by atoms with Crippen molar-refractivity contribution in [2.24, 2.45) is 5.92 Å². The molecular weight excluding hydrogens is 450 g/mol. The number of benzene rings is 1. The zero-order valence-corrected chi connectivity index (χ0v) is 19.6. The Morgan fingerprint density at radius 2 is 1.73 bits per heavy atom. The van der Waals surface area contributed by atoms with Crippen molar-refractivity contribution in [1.82, 2.24) is 13.9 Å². The highest BCUT2D eigenvalue weighted by molar-refractivity contribution is 7.89. The summed E-state index contributed by atoms with van der Waals surface area (Å²) in [6, 6.07) is 3.87. The van der Waals surface area contributed by atoms with Crippen LogP contribution in [0, 0.1) is 5.92 Å². The smallest absolute Gasteiger partial charge is 0.251 e. The van der Waals surface area contributed by atoms with Gasteiger partial charge in [0.1, 0.15) is 4.90 Å². The van der Waals surface area contributed by atoms with Crippen LogP contribution in [0.25, 0.3) is 0 Å². The molecule has 2 aliphatic rings. The van der Waals surface area contributed by atoms with E-state index in [-0.39, 0.29) is 34.0 Å². The van der Waals surface area contributed by atoms with E-state index in [0.29, 0.717) is 32.5 Å². The Morgan fingerprint density at radius 3 is 2.40 bits per heavy atom. The maximum Gasteiger partial charge on any atom is 0.251 e. The molecule has 1 N–H and O–H groups in total. The van der Waals surface area contributed by atoms with Gasteiger partial charge in [-0.1, -0.05) is 18.5 Å². The lowest BCUT2D eigenvalue weighted by atomic mass is 10.0. The van der Waals surface area contributed by atoms with E-state index in [0.717, 1.165) is 19.1 Å². The molecule has 2 fully saturated rings. The van der Waals surface area contributed by atoms with Crippen LogP contribution in [0.5, 0.6) is 0 Å². The number of hydrogen-bond acceptors (Lipinski definition) is 5. The molecule has 30 heavy (non-hydrogen) atoms. The molecular formula is C19H28ClN3O5S2. The minimum atomic E-state index is -3.81. The summed E-state index contributed by atoms with van der Waals surface area (Å²) in [7, 11) is -7.14. The van der Waals surface area contributed by atoms with E-state index < -0.39 is 26.0 Å². The molecule has 2 atom stereocenters. The van der Waals surface area contributed by atoms with Crippen LogP contribution in [0.1, 0.15) is 43.0 Å². The maximum atomic E-state index is 13.1. The minimum Gasteiger partial charge on any atom is -0.348 e. The van der Waals surface area contributed by atoms with E-state index in [2.05, 4.69) is 5.32 Å². The first-order chi connectivity index (χ1) is 14.0. The summed E-state index contributed by atoms with van der Waals surface area (Å²) >= 11 is 6.19. The number of halogens is 1. The van der Waals surface area contributed by atoms with Gasteiger partial charge in [0.25, 0.3) is 5.91 Å². The second-order valence-electron chi connectivity index (χ2n) is 8.19. The summed E-state index contributed by atoms with van der Waals surface area (Å²) in [6.45, 7) is 3.51. The van der Waals surface area contributed by atoms with Gasteiger partial charge < -0.3 is 5.32 Å². The summed E-state index contributed by atoms with van der Waals surface area (Å²) in [5, 5.41) is 2.90. The lowest BCUT2D eigenvalue weighted by Gasteiger charge is -2.31. The lowest BCUT2D eigenvalue weighted by Crippen LogP contribution is -2.49. The molecule has 0 radical (unpaired) electrons. The zero-order valence-electron chi connectivity index (χ0n) is 17.2. The van der Waals surface area contributed by atoms with Crippen LogP contribution in [0.4, 0.5) is 0 Å². The largest absolute Gasteiger partial charge is 0.348 e. The van der Waals surface area contributed by atoms with Crippen LogP contribution < -0.4 is 5.32 Å². The molecule has 2 saturated heterocycles. The van der Waals surface area contributed by atoms with Gasteiger partial charge in [0.05, 0.1) is 11.3 Å². The molecule has 0 bridgehead atoms. The first-order valence-corrected chi connectivity index (χ1v) is 13.7. The average molecular weight is 478 g/mol. The fraction of sp³-hybridized carbons (Fsp3) is 0.632. The molecule has 2 heterocycles. The van der Waals surface area contributed by atoms with Gasteiger partial charge in [-0.05, 0) is 49.8 Å². The second kappa shape index (κ2) is 9.12. The fourth-order valence-corrected chi connectivity index (χ4v) is 6.99.